The van der Waals surface area contributed by atoms with Gasteiger partial charge in [-0.2, -0.15) is 0 Å². The molecular formula is C12H19NOS. The van der Waals surface area contributed by atoms with Gasteiger partial charge < -0.3 is 4.42 Å². The number of thiol groups is 1. The predicted molar refractivity (Wildman–Crippen MR) is 68.7 cm³/mol. The van der Waals surface area contributed by atoms with Crippen LogP contribution in [0.25, 0.3) is 11.1 Å². The molecule has 15 heavy (non-hydrogen) atoms. The van der Waals surface area contributed by atoms with Crippen LogP contribution in [0.2, 0.25) is 0 Å². The van der Waals surface area contributed by atoms with Crippen molar-refractivity contribution in [3.05, 3.63) is 24.1 Å². The fourth-order valence-electron chi connectivity index (χ4n) is 1.07. The molecular weight excluding hydrogens is 206 g/mol. The van der Waals surface area contributed by atoms with Crippen molar-refractivity contribution in [1.29, 1.82) is 0 Å². The Bertz CT molecular complexity index is 359. The maximum atomic E-state index is 5.17. The van der Waals surface area contributed by atoms with Crippen LogP contribution in [0, 0.1) is 6.92 Å². The van der Waals surface area contributed by atoms with Gasteiger partial charge in [0.05, 0.1) is 0 Å². The first kappa shape index (κ1) is 14.0. The summed E-state index contributed by atoms with van der Waals surface area (Å²) in [5, 5.41) is 0. The second-order valence-electron chi connectivity index (χ2n) is 2.43. The third-order valence-corrected chi connectivity index (χ3v) is 2.02. The van der Waals surface area contributed by atoms with E-state index in [1.165, 1.54) is 6.39 Å². The smallest absolute Gasteiger partial charge is 0.182 e. The van der Waals surface area contributed by atoms with E-state index in [-0.39, 0.29) is 0 Å². The first-order chi connectivity index (χ1) is 7.29. The third kappa shape index (κ3) is 3.27. The molecule has 2 rings (SSSR count). The van der Waals surface area contributed by atoms with E-state index in [1.54, 1.807) is 0 Å². The number of benzene rings is 1. The molecule has 0 bridgehead atoms. The van der Waals surface area contributed by atoms with Gasteiger partial charge in [0.25, 0.3) is 0 Å². The van der Waals surface area contributed by atoms with Crippen LogP contribution in [0.15, 0.2) is 27.8 Å². The van der Waals surface area contributed by atoms with Gasteiger partial charge in [0.1, 0.15) is 5.52 Å². The summed E-state index contributed by atoms with van der Waals surface area (Å²) in [5.41, 5.74) is 2.76. The van der Waals surface area contributed by atoms with Gasteiger partial charge in [-0.3, -0.25) is 0 Å². The fraction of sp³-hybridized carbons (Fsp3) is 0.417. The molecule has 0 N–H and O–H groups in total. The molecule has 0 saturated carbocycles. The predicted octanol–water partition coefficient (Wildman–Crippen LogP) is 4.48. The monoisotopic (exact) mass is 225 g/mol. The zero-order valence-electron chi connectivity index (χ0n) is 10.0. The third-order valence-electron chi connectivity index (χ3n) is 1.66. The summed E-state index contributed by atoms with van der Waals surface area (Å²) < 4.78 is 5.17. The molecule has 0 aliphatic heterocycles. The maximum absolute atomic E-state index is 5.17. The maximum Gasteiger partial charge on any atom is 0.182 e. The van der Waals surface area contributed by atoms with E-state index < -0.39 is 0 Å². The van der Waals surface area contributed by atoms with Gasteiger partial charge in [-0.25, -0.2) is 4.98 Å². The van der Waals surface area contributed by atoms with E-state index in [1.807, 2.05) is 46.8 Å². The Labute approximate surface area is 97.1 Å². The van der Waals surface area contributed by atoms with Gasteiger partial charge >= 0.3 is 0 Å². The SMILES string of the molecule is CC.CC.Cc1ccc(S)c2ncoc12. The van der Waals surface area contributed by atoms with Crippen molar-refractivity contribution in [2.45, 2.75) is 39.5 Å². The molecule has 0 saturated heterocycles. The molecule has 0 radical (unpaired) electrons. The first-order valence-electron chi connectivity index (χ1n) is 5.31. The van der Waals surface area contributed by atoms with Crippen LogP contribution in [-0.2, 0) is 0 Å². The highest BCUT2D eigenvalue weighted by Crippen LogP contribution is 2.22. The molecule has 1 heterocycles. The Morgan fingerprint density at radius 2 is 1.73 bits per heavy atom. The van der Waals surface area contributed by atoms with E-state index in [4.69, 9.17) is 4.42 Å². The molecule has 0 amide bonds. The normalized spacial score (nSPS) is 8.67. The number of nitrogens with zero attached hydrogens (tertiary/aromatic N) is 1. The van der Waals surface area contributed by atoms with Crippen LogP contribution in [0.4, 0.5) is 0 Å². The van der Waals surface area contributed by atoms with Gasteiger partial charge in [-0.1, -0.05) is 33.8 Å². The summed E-state index contributed by atoms with van der Waals surface area (Å²) in [4.78, 5) is 4.90. The van der Waals surface area contributed by atoms with Gasteiger partial charge in [-0.15, -0.1) is 12.6 Å². The van der Waals surface area contributed by atoms with Crippen LogP contribution < -0.4 is 0 Å². The van der Waals surface area contributed by atoms with Gasteiger partial charge in [0.15, 0.2) is 12.0 Å². The summed E-state index contributed by atoms with van der Waals surface area (Å²) in [6, 6.07) is 3.89. The molecule has 3 heteroatoms. The van der Waals surface area contributed by atoms with Crippen LogP contribution in [0.3, 0.4) is 0 Å². The lowest BCUT2D eigenvalue weighted by Crippen LogP contribution is -1.75. The summed E-state index contributed by atoms with van der Waals surface area (Å²) in [6.45, 7) is 9.99. The highest BCUT2D eigenvalue weighted by Gasteiger charge is 2.03. The second kappa shape index (κ2) is 7.35. The topological polar surface area (TPSA) is 26.0 Å². The second-order valence-corrected chi connectivity index (χ2v) is 2.91. The van der Waals surface area contributed by atoms with E-state index in [2.05, 4.69) is 17.6 Å². The van der Waals surface area contributed by atoms with Crippen LogP contribution in [0.1, 0.15) is 33.3 Å². The Balaban J connectivity index is 0.000000442. The minimum atomic E-state index is 0.831. The summed E-state index contributed by atoms with van der Waals surface area (Å²) >= 11 is 4.24. The summed E-state index contributed by atoms with van der Waals surface area (Å²) in [6.07, 6.45) is 1.44. The lowest BCUT2D eigenvalue weighted by molar-refractivity contribution is 0.600. The molecule has 2 nitrogen and oxygen atoms in total. The number of hydrogen-bond donors (Lipinski definition) is 1. The number of oxazole rings is 1. The van der Waals surface area contributed by atoms with Gasteiger partial charge in [0, 0.05) is 4.90 Å². The Hall–Kier alpha value is -0.960. The molecule has 2 aromatic rings. The lowest BCUT2D eigenvalue weighted by Gasteiger charge is -1.94. The average molecular weight is 225 g/mol. The van der Waals surface area contributed by atoms with Crippen molar-refractivity contribution in [2.24, 2.45) is 0 Å². The zero-order chi connectivity index (χ0) is 11.8. The van der Waals surface area contributed by atoms with E-state index in [9.17, 15) is 0 Å². The highest BCUT2D eigenvalue weighted by molar-refractivity contribution is 7.80. The standard InChI is InChI=1S/C8H7NOS.2C2H6/c1-5-2-3-6(11)7-8(5)10-4-9-7;2*1-2/h2-4,11H,1H3;2*1-2H3. The van der Waals surface area contributed by atoms with Gasteiger partial charge in [-0.05, 0) is 18.6 Å². The lowest BCUT2D eigenvalue weighted by atomic mass is 10.2. The fourth-order valence-corrected chi connectivity index (χ4v) is 1.30. The Morgan fingerprint density at radius 1 is 1.13 bits per heavy atom. The largest absolute Gasteiger partial charge is 0.443 e. The van der Waals surface area contributed by atoms with Crippen molar-refractivity contribution >= 4 is 23.7 Å². The number of aromatic nitrogens is 1. The molecule has 0 fully saturated rings. The molecule has 84 valence electrons. The molecule has 1 aromatic carbocycles. The van der Waals surface area contributed by atoms with Crippen LogP contribution in [-0.4, -0.2) is 4.98 Å². The molecule has 0 aliphatic carbocycles. The molecule has 0 atom stereocenters. The molecule has 0 aliphatic rings. The van der Waals surface area contributed by atoms with Crippen molar-refractivity contribution < 1.29 is 4.42 Å². The van der Waals surface area contributed by atoms with Crippen molar-refractivity contribution in [3.8, 4) is 0 Å². The number of hydrogen-bond acceptors (Lipinski definition) is 3. The van der Waals surface area contributed by atoms with Crippen molar-refractivity contribution in [3.63, 3.8) is 0 Å². The molecule has 0 spiro atoms. The molecule has 1 aromatic heterocycles. The Kier molecular flexibility index (Phi) is 6.88. The molecule has 0 unspecified atom stereocenters. The zero-order valence-corrected chi connectivity index (χ0v) is 10.9. The van der Waals surface area contributed by atoms with Crippen LogP contribution >= 0.6 is 12.6 Å². The summed E-state index contributed by atoms with van der Waals surface area (Å²) in [7, 11) is 0. The van der Waals surface area contributed by atoms with E-state index in [0.29, 0.717) is 0 Å². The van der Waals surface area contributed by atoms with Gasteiger partial charge in [0.2, 0.25) is 0 Å². The number of aryl methyl sites for hydroxylation is 1. The van der Waals surface area contributed by atoms with Crippen LogP contribution in [0.5, 0.6) is 0 Å². The summed E-state index contributed by atoms with van der Waals surface area (Å²) in [5.74, 6) is 0. The van der Waals surface area contributed by atoms with Crippen molar-refractivity contribution in [1.82, 2.24) is 4.98 Å². The Morgan fingerprint density at radius 3 is 2.27 bits per heavy atom. The van der Waals surface area contributed by atoms with Crippen molar-refractivity contribution in [2.75, 3.05) is 0 Å². The average Bonchev–Trinajstić information content (AvgIpc) is 2.79. The van der Waals surface area contributed by atoms with E-state index >= 15 is 0 Å². The minimum absolute atomic E-state index is 0.831. The quantitative estimate of drug-likeness (QED) is 0.669. The highest BCUT2D eigenvalue weighted by atomic mass is 32.1. The number of rotatable bonds is 0. The first-order valence-corrected chi connectivity index (χ1v) is 5.75. The van der Waals surface area contributed by atoms with E-state index in [0.717, 1.165) is 21.6 Å². The minimum Gasteiger partial charge on any atom is -0.443 e. The number of fused-ring (bicyclic) bond motifs is 1.